The first kappa shape index (κ1) is 8.91. The molecule has 2 heterocycles. The summed E-state index contributed by atoms with van der Waals surface area (Å²) in [4.78, 5) is 0. The lowest BCUT2D eigenvalue weighted by Crippen LogP contribution is -2.28. The summed E-state index contributed by atoms with van der Waals surface area (Å²) in [6.45, 7) is 0. The zero-order valence-electron chi connectivity index (χ0n) is 7.65. The van der Waals surface area contributed by atoms with Crippen LogP contribution in [0.15, 0.2) is 12.4 Å². The van der Waals surface area contributed by atoms with Crippen LogP contribution in [0.3, 0.4) is 0 Å². The minimum Gasteiger partial charge on any atom is -0.618 e. The zero-order valence-corrected chi connectivity index (χ0v) is 8.41. The number of nitrogens with zero attached hydrogens (tertiary/aromatic N) is 3. The first-order chi connectivity index (χ1) is 7.18. The average molecular weight is 228 g/mol. The summed E-state index contributed by atoms with van der Waals surface area (Å²) in [5, 5.41) is 15.3. The van der Waals surface area contributed by atoms with Crippen molar-refractivity contribution in [1.29, 1.82) is 0 Å². The Balaban J connectivity index is 2.37. The van der Waals surface area contributed by atoms with Crippen molar-refractivity contribution in [1.82, 2.24) is 9.78 Å². The number of hydrogen-bond acceptors (Lipinski definition) is 2. The van der Waals surface area contributed by atoms with E-state index in [0.29, 0.717) is 15.6 Å². The Kier molecular flexibility index (Phi) is 1.68. The van der Waals surface area contributed by atoms with Crippen LogP contribution in [0.4, 0.5) is 4.39 Å². The lowest BCUT2D eigenvalue weighted by atomic mass is 10.3. The molecule has 0 radical (unpaired) electrons. The van der Waals surface area contributed by atoms with Gasteiger partial charge in [-0.05, 0) is 24.4 Å². The number of hydrogen-bond donors (Lipinski definition) is 0. The van der Waals surface area contributed by atoms with Gasteiger partial charge in [0.1, 0.15) is 5.52 Å². The van der Waals surface area contributed by atoms with E-state index in [1.807, 2.05) is 0 Å². The van der Waals surface area contributed by atoms with Crippen molar-refractivity contribution in [3.05, 3.63) is 28.6 Å². The van der Waals surface area contributed by atoms with Crippen LogP contribution in [0.25, 0.3) is 10.9 Å². The molecule has 2 aromatic rings. The van der Waals surface area contributed by atoms with E-state index in [1.165, 1.54) is 12.4 Å². The Bertz CT molecular complexity index is 550. The van der Waals surface area contributed by atoms with E-state index in [2.05, 4.69) is 5.10 Å². The molecule has 1 aliphatic carbocycles. The summed E-state index contributed by atoms with van der Waals surface area (Å²) < 4.78 is 15.7. The Morgan fingerprint density at radius 3 is 3.00 bits per heavy atom. The molecule has 1 fully saturated rings. The van der Waals surface area contributed by atoms with Gasteiger partial charge >= 0.3 is 5.15 Å². The smallest absolute Gasteiger partial charge is 0.324 e. The predicted molar refractivity (Wildman–Crippen MR) is 51.9 cm³/mol. The van der Waals surface area contributed by atoms with Gasteiger partial charge in [0.15, 0.2) is 6.20 Å². The molecule has 0 saturated heterocycles. The number of rotatable bonds is 1. The van der Waals surface area contributed by atoms with Crippen LogP contribution in [0.5, 0.6) is 0 Å². The zero-order chi connectivity index (χ0) is 10.6. The van der Waals surface area contributed by atoms with Gasteiger partial charge < -0.3 is 5.21 Å². The first-order valence-corrected chi connectivity index (χ1v) is 5.00. The molecule has 6 heteroatoms. The monoisotopic (exact) mass is 227 g/mol. The molecule has 0 spiro atoms. The Labute approximate surface area is 89.5 Å². The van der Waals surface area contributed by atoms with Gasteiger partial charge in [0.05, 0.1) is 17.6 Å². The molecule has 78 valence electrons. The van der Waals surface area contributed by atoms with Crippen LogP contribution in [0.1, 0.15) is 18.9 Å². The van der Waals surface area contributed by atoms with Gasteiger partial charge in [-0.3, -0.25) is 4.68 Å². The van der Waals surface area contributed by atoms with Gasteiger partial charge in [-0.25, -0.2) is 0 Å². The van der Waals surface area contributed by atoms with E-state index in [1.54, 1.807) is 4.68 Å². The summed E-state index contributed by atoms with van der Waals surface area (Å²) in [6.07, 6.45) is 4.73. The van der Waals surface area contributed by atoms with Crippen LogP contribution in [0.2, 0.25) is 5.15 Å². The van der Waals surface area contributed by atoms with Gasteiger partial charge in [0.2, 0.25) is 5.82 Å². The van der Waals surface area contributed by atoms with Crippen LogP contribution in [0, 0.1) is 11.0 Å². The third-order valence-corrected chi connectivity index (χ3v) is 2.89. The molecule has 0 amide bonds. The van der Waals surface area contributed by atoms with Crippen molar-refractivity contribution < 1.29 is 9.12 Å². The van der Waals surface area contributed by atoms with Crippen LogP contribution in [-0.4, -0.2) is 9.78 Å². The van der Waals surface area contributed by atoms with Crippen molar-refractivity contribution in [3.63, 3.8) is 0 Å². The average Bonchev–Trinajstić information content (AvgIpc) is 2.97. The first-order valence-electron chi connectivity index (χ1n) is 4.63. The van der Waals surface area contributed by atoms with Gasteiger partial charge in [-0.15, -0.1) is 0 Å². The van der Waals surface area contributed by atoms with Crippen LogP contribution in [-0.2, 0) is 0 Å². The summed E-state index contributed by atoms with van der Waals surface area (Å²) in [7, 11) is 0. The highest BCUT2D eigenvalue weighted by atomic mass is 35.5. The third kappa shape index (κ3) is 1.19. The maximum atomic E-state index is 13.7. The SMILES string of the molecule is [O-][n+]1cc2cnn(C3CC3)c2c(F)c1Cl. The molecule has 2 aromatic heterocycles. The lowest BCUT2D eigenvalue weighted by Gasteiger charge is -2.03. The second kappa shape index (κ2) is 2.82. The molecule has 0 aromatic carbocycles. The van der Waals surface area contributed by atoms with Crippen molar-refractivity contribution in [2.75, 3.05) is 0 Å². The van der Waals surface area contributed by atoms with Crippen molar-refractivity contribution in [2.45, 2.75) is 18.9 Å². The predicted octanol–water partition coefficient (Wildman–Crippen LogP) is 1.80. The van der Waals surface area contributed by atoms with Gasteiger partial charge in [0, 0.05) is 0 Å². The van der Waals surface area contributed by atoms with Gasteiger partial charge in [0.25, 0.3) is 0 Å². The molecule has 0 N–H and O–H groups in total. The van der Waals surface area contributed by atoms with Crippen molar-refractivity contribution >= 4 is 22.5 Å². The topological polar surface area (TPSA) is 44.8 Å². The number of halogens is 2. The number of fused-ring (bicyclic) bond motifs is 1. The highest BCUT2D eigenvalue weighted by Gasteiger charge is 2.29. The fourth-order valence-corrected chi connectivity index (χ4v) is 1.81. The normalized spacial score (nSPS) is 16.1. The molecule has 1 aliphatic rings. The Morgan fingerprint density at radius 1 is 1.60 bits per heavy atom. The minimum absolute atomic E-state index is 0.260. The molecule has 15 heavy (non-hydrogen) atoms. The maximum Gasteiger partial charge on any atom is 0.324 e. The van der Waals surface area contributed by atoms with Crippen LogP contribution < -0.4 is 4.73 Å². The standard InChI is InChI=1S/C9H7ClFN3O/c10-9-7(11)8-5(4-13(9)15)3-12-14(8)6-1-2-6/h3-4,6H,1-2H2. The molecule has 0 unspecified atom stereocenters. The van der Waals surface area contributed by atoms with E-state index in [9.17, 15) is 9.60 Å². The summed E-state index contributed by atoms with van der Waals surface area (Å²) in [5.74, 6) is -0.687. The van der Waals surface area contributed by atoms with E-state index in [-0.39, 0.29) is 6.04 Å². The van der Waals surface area contributed by atoms with E-state index < -0.39 is 11.0 Å². The molecular formula is C9H7ClFN3O. The van der Waals surface area contributed by atoms with E-state index in [0.717, 1.165) is 12.8 Å². The molecule has 4 nitrogen and oxygen atoms in total. The Hall–Kier alpha value is -1.36. The number of aromatic nitrogens is 3. The lowest BCUT2D eigenvalue weighted by molar-refractivity contribution is -0.603. The highest BCUT2D eigenvalue weighted by Crippen LogP contribution is 2.37. The molecule has 1 saturated carbocycles. The number of pyridine rings is 1. The Morgan fingerprint density at radius 2 is 2.33 bits per heavy atom. The fraction of sp³-hybridized carbons (Fsp3) is 0.333. The van der Waals surface area contributed by atoms with Crippen molar-refractivity contribution in [2.24, 2.45) is 0 Å². The quantitative estimate of drug-likeness (QED) is 0.424. The summed E-state index contributed by atoms with van der Waals surface area (Å²) >= 11 is 5.54. The van der Waals surface area contributed by atoms with Gasteiger partial charge in [-0.1, -0.05) is 0 Å². The second-order valence-corrected chi connectivity index (χ2v) is 4.04. The molecule has 0 bridgehead atoms. The largest absolute Gasteiger partial charge is 0.618 e. The maximum absolute atomic E-state index is 13.7. The summed E-state index contributed by atoms with van der Waals surface area (Å²) in [6, 6.07) is 0.260. The van der Waals surface area contributed by atoms with Crippen molar-refractivity contribution in [3.8, 4) is 0 Å². The summed E-state index contributed by atoms with van der Waals surface area (Å²) in [5.41, 5.74) is 0.328. The fourth-order valence-electron chi connectivity index (χ4n) is 1.67. The molecule has 0 atom stereocenters. The van der Waals surface area contributed by atoms with Gasteiger partial charge in [-0.2, -0.15) is 14.2 Å². The third-order valence-electron chi connectivity index (χ3n) is 2.56. The molecular weight excluding hydrogens is 221 g/mol. The second-order valence-electron chi connectivity index (χ2n) is 3.68. The van der Waals surface area contributed by atoms with E-state index in [4.69, 9.17) is 11.6 Å². The minimum atomic E-state index is -0.687. The highest BCUT2D eigenvalue weighted by molar-refractivity contribution is 6.29. The van der Waals surface area contributed by atoms with E-state index >= 15 is 0 Å². The molecule has 0 aliphatic heterocycles. The molecule has 3 rings (SSSR count). The van der Waals surface area contributed by atoms with Crippen LogP contribution >= 0.6 is 11.6 Å².